The molecule has 0 amide bonds. The monoisotopic (exact) mass is 719 g/mol. The Bertz CT molecular complexity index is 1530. The third kappa shape index (κ3) is 18.1. The van der Waals surface area contributed by atoms with Crippen molar-refractivity contribution in [2.75, 3.05) is 11.5 Å². The number of nitrogens with zero attached hydrogens (tertiary/aromatic N) is 7. The summed E-state index contributed by atoms with van der Waals surface area (Å²) in [6.45, 7) is 13.1. The first-order chi connectivity index (χ1) is 21.0. The summed E-state index contributed by atoms with van der Waals surface area (Å²) in [7, 11) is 0. The van der Waals surface area contributed by atoms with Gasteiger partial charge in [-0.1, -0.05) is 56.1 Å². The lowest BCUT2D eigenvalue weighted by atomic mass is 10.2. The van der Waals surface area contributed by atoms with Gasteiger partial charge >= 0.3 is 12.3 Å². The Morgan fingerprint density at radius 2 is 1.37 bits per heavy atom. The molecule has 0 spiro atoms. The average molecular weight is 721 g/mol. The van der Waals surface area contributed by atoms with Crippen LogP contribution in [-0.2, 0) is 30.4 Å². The summed E-state index contributed by atoms with van der Waals surface area (Å²) in [5.74, 6) is 0.889. The van der Waals surface area contributed by atoms with Gasteiger partial charge in [0.1, 0.15) is 22.6 Å². The van der Waals surface area contributed by atoms with Gasteiger partial charge in [0.05, 0.1) is 16.8 Å². The molecule has 4 heterocycles. The summed E-state index contributed by atoms with van der Waals surface area (Å²) < 4.78 is 1.84. The van der Waals surface area contributed by atoms with Crippen LogP contribution < -0.4 is 11.5 Å². The van der Waals surface area contributed by atoms with Crippen LogP contribution >= 0.6 is 46.4 Å². The second kappa shape index (κ2) is 25.2. The molecular weight excluding hydrogens is 684 g/mol. The van der Waals surface area contributed by atoms with Crippen molar-refractivity contribution >= 4 is 81.8 Å². The number of nitrogen functional groups attached to an aromatic ring is 2. The van der Waals surface area contributed by atoms with Crippen molar-refractivity contribution in [3.63, 3.8) is 0 Å². The number of aromatic nitrogens is 7. The van der Waals surface area contributed by atoms with Crippen LogP contribution in [-0.4, -0.2) is 58.5 Å². The third-order valence-corrected chi connectivity index (χ3v) is 6.46. The fraction of sp³-hybridized carbons (Fsp3) is 0.393. The number of hydrogen-bond donors (Lipinski definition) is 2. The van der Waals surface area contributed by atoms with Crippen molar-refractivity contribution in [3.05, 3.63) is 61.7 Å². The second-order valence-corrected chi connectivity index (χ2v) is 10.2. The van der Waals surface area contributed by atoms with Crippen LogP contribution in [0.4, 0.5) is 11.6 Å². The molecule has 0 aliphatic carbocycles. The third-order valence-electron chi connectivity index (χ3n) is 5.10. The molecule has 0 saturated carbocycles. The number of hydrogen-bond acceptors (Lipinski definition) is 13. The van der Waals surface area contributed by atoms with Crippen molar-refractivity contribution in [1.82, 2.24) is 35.0 Å². The highest BCUT2D eigenvalue weighted by Crippen LogP contribution is 2.17. The highest BCUT2D eigenvalue weighted by Gasteiger charge is 2.10. The summed E-state index contributed by atoms with van der Waals surface area (Å²) in [6, 6.07) is 5.18. The molecule has 18 heteroatoms. The number of alkyl halides is 1. The zero-order chi connectivity index (χ0) is 35.3. The van der Waals surface area contributed by atoms with E-state index in [4.69, 9.17) is 77.0 Å². The van der Waals surface area contributed by atoms with Crippen molar-refractivity contribution in [2.24, 2.45) is 0 Å². The van der Waals surface area contributed by atoms with E-state index in [0.29, 0.717) is 27.1 Å². The summed E-state index contributed by atoms with van der Waals surface area (Å²) in [5.41, 5.74) is 16.5. The quantitative estimate of drug-likeness (QED) is 0.244. The fourth-order valence-corrected chi connectivity index (χ4v) is 3.46. The molecule has 14 nitrogen and oxygen atoms in total. The number of anilines is 2. The lowest BCUT2D eigenvalue weighted by Gasteiger charge is -2.00. The van der Waals surface area contributed by atoms with E-state index in [9.17, 15) is 4.79 Å². The highest BCUT2D eigenvalue weighted by atomic mass is 35.5. The minimum Gasteiger partial charge on any atom is -0.382 e. The van der Waals surface area contributed by atoms with Gasteiger partial charge in [-0.05, 0) is 82.3 Å². The molecule has 4 aromatic heterocycles. The van der Waals surface area contributed by atoms with E-state index in [2.05, 4.69) is 37.4 Å². The standard InChI is InChI=1S/C10H12ClN3.2C5H6ClN3.C5H9ClO.2CO2.CH4/c1-4-8-7(3)12-10-6(2)5-9(11)13-14(8)10;1-3-2-4(7)8-9-5(3)6;1-3-2-4(6)8-9-5(3)7;1-3-5(6)4(2)7;2*2-1-3;/h5H,4H2,1-3H3;2H,1H3,(H2,7,8);2H,1H3,(H2,7,9);5H,3H2,1-2H3;;;1H4. The summed E-state index contributed by atoms with van der Waals surface area (Å²) in [5, 5.41) is 19.5. The van der Waals surface area contributed by atoms with Gasteiger partial charge < -0.3 is 11.5 Å². The maximum Gasteiger partial charge on any atom is 0.373 e. The number of rotatable bonds is 3. The van der Waals surface area contributed by atoms with E-state index >= 15 is 0 Å². The van der Waals surface area contributed by atoms with Crippen LogP contribution in [0.1, 0.15) is 62.7 Å². The number of halogens is 4. The number of carbonyl (C=O) groups excluding carboxylic acids is 5. The molecule has 1 atom stereocenters. The number of imidazole rings is 1. The van der Waals surface area contributed by atoms with Crippen LogP contribution in [0.5, 0.6) is 0 Å². The smallest absolute Gasteiger partial charge is 0.373 e. The van der Waals surface area contributed by atoms with Gasteiger partial charge in [-0.3, -0.25) is 4.79 Å². The van der Waals surface area contributed by atoms with E-state index in [-0.39, 0.29) is 30.9 Å². The Kier molecular flexibility index (Phi) is 25.4. The van der Waals surface area contributed by atoms with Gasteiger partial charge in [-0.25, -0.2) is 9.50 Å². The van der Waals surface area contributed by atoms with Gasteiger partial charge in [-0.15, -0.1) is 32.0 Å². The first-order valence-electron chi connectivity index (χ1n) is 12.7. The van der Waals surface area contributed by atoms with Gasteiger partial charge in [0, 0.05) is 0 Å². The van der Waals surface area contributed by atoms with E-state index in [1.165, 1.54) is 6.92 Å². The molecule has 46 heavy (non-hydrogen) atoms. The van der Waals surface area contributed by atoms with Gasteiger partial charge in [0.25, 0.3) is 0 Å². The predicted molar refractivity (Wildman–Crippen MR) is 177 cm³/mol. The molecular formula is C28H37Cl4N9O5. The summed E-state index contributed by atoms with van der Waals surface area (Å²) in [6.07, 6.45) is 2.15. The van der Waals surface area contributed by atoms with Crippen LogP contribution in [0.15, 0.2) is 18.2 Å². The number of nitrogens with two attached hydrogens (primary N) is 2. The molecule has 252 valence electrons. The predicted octanol–water partition coefficient (Wildman–Crippen LogP) is 5.67. The van der Waals surface area contributed by atoms with Crippen molar-refractivity contribution in [2.45, 2.75) is 74.1 Å². The molecule has 0 fully saturated rings. The molecule has 0 saturated heterocycles. The SMILES string of the molecule is C.CCC(Cl)C(C)=O.CCc1c(C)nc2c(C)cc(Cl)nn12.Cc1cc(Cl)nnc1N.Cc1cc(N)nnc1Cl.O=C=O.O=C=O. The molecule has 4 aromatic rings. The highest BCUT2D eigenvalue weighted by molar-refractivity contribution is 6.31. The van der Waals surface area contributed by atoms with E-state index in [0.717, 1.165) is 46.6 Å². The normalized spacial score (nSPS) is 9.54. The fourth-order valence-electron chi connectivity index (χ4n) is 2.93. The topological polar surface area (TPSA) is 219 Å². The van der Waals surface area contributed by atoms with Crippen molar-refractivity contribution < 1.29 is 24.0 Å². The van der Waals surface area contributed by atoms with Crippen molar-refractivity contribution in [3.8, 4) is 0 Å². The minimum absolute atomic E-state index is 0. The largest absolute Gasteiger partial charge is 0.382 e. The molecule has 0 aliphatic heterocycles. The lowest BCUT2D eigenvalue weighted by molar-refractivity contribution is -0.193. The second-order valence-electron chi connectivity index (χ2n) is 8.51. The minimum atomic E-state index is -0.264. The van der Waals surface area contributed by atoms with Gasteiger partial charge in [-0.2, -0.15) is 24.3 Å². The maximum absolute atomic E-state index is 10.2. The first-order valence-corrected chi connectivity index (χ1v) is 14.3. The first kappa shape index (κ1) is 46.4. The zero-order valence-electron chi connectivity index (χ0n) is 25.6. The molecule has 0 radical (unpaired) electrons. The van der Waals surface area contributed by atoms with Crippen LogP contribution in [0.3, 0.4) is 0 Å². The van der Waals surface area contributed by atoms with E-state index in [1.807, 2.05) is 45.2 Å². The van der Waals surface area contributed by atoms with E-state index in [1.54, 1.807) is 12.1 Å². The number of carbonyl (C=O) groups is 1. The Balaban J connectivity index is -0.000000517. The molecule has 0 aliphatic rings. The average Bonchev–Trinajstić information content (AvgIpc) is 3.29. The molecule has 4 rings (SSSR count). The van der Waals surface area contributed by atoms with Gasteiger partial charge in [0.2, 0.25) is 0 Å². The Labute approximate surface area is 287 Å². The molecule has 0 aromatic carbocycles. The molecule has 4 N–H and O–H groups in total. The Hall–Kier alpha value is -4.03. The van der Waals surface area contributed by atoms with Crippen LogP contribution in [0.2, 0.25) is 15.5 Å². The summed E-state index contributed by atoms with van der Waals surface area (Å²) in [4.78, 5) is 47.2. The zero-order valence-corrected chi connectivity index (χ0v) is 28.6. The Morgan fingerprint density at radius 3 is 1.74 bits per heavy atom. The number of aryl methyl sites for hydroxylation is 5. The van der Waals surface area contributed by atoms with Crippen LogP contribution in [0, 0.1) is 27.7 Å². The maximum atomic E-state index is 10.2. The molecule has 1 unspecified atom stereocenters. The Morgan fingerprint density at radius 1 is 0.848 bits per heavy atom. The number of ketones is 1. The van der Waals surface area contributed by atoms with Crippen LogP contribution in [0.25, 0.3) is 5.65 Å². The van der Waals surface area contributed by atoms with E-state index < -0.39 is 0 Å². The number of fused-ring (bicyclic) bond motifs is 1. The summed E-state index contributed by atoms with van der Waals surface area (Å²) >= 11 is 22.4. The lowest BCUT2D eigenvalue weighted by Crippen LogP contribution is -2.07. The van der Waals surface area contributed by atoms with Crippen molar-refractivity contribution in [1.29, 1.82) is 0 Å². The molecule has 0 bridgehead atoms. The van der Waals surface area contributed by atoms with Gasteiger partial charge in [0.15, 0.2) is 16.0 Å². The number of Topliss-reactive ketones (excluding diaryl/α,β-unsaturated/α-hetero) is 1.